The van der Waals surface area contributed by atoms with Gasteiger partial charge < -0.3 is 10.0 Å². The molecule has 1 aliphatic rings. The van der Waals surface area contributed by atoms with Crippen LogP contribution in [0.2, 0.25) is 0 Å². The third kappa shape index (κ3) is 2.63. The molecule has 1 aromatic heterocycles. The molecule has 0 spiro atoms. The highest BCUT2D eigenvalue weighted by molar-refractivity contribution is 5.62. The van der Waals surface area contributed by atoms with E-state index in [1.807, 2.05) is 0 Å². The highest BCUT2D eigenvalue weighted by Gasteiger charge is 2.33. The summed E-state index contributed by atoms with van der Waals surface area (Å²) in [6, 6.07) is 0. The first-order valence-electron chi connectivity index (χ1n) is 6.36. The van der Waals surface area contributed by atoms with E-state index >= 15 is 0 Å². The SMILES string of the molecule is Cc1nc(NN)nc(N2CCC(C(C)O)C2)c1[N+](=O)[O-]. The molecule has 1 aliphatic heterocycles. The molecule has 2 heterocycles. The van der Waals surface area contributed by atoms with Gasteiger partial charge in [-0.25, -0.2) is 10.8 Å². The molecule has 2 unspecified atom stereocenters. The van der Waals surface area contributed by atoms with E-state index in [0.29, 0.717) is 13.1 Å². The second kappa shape index (κ2) is 5.55. The van der Waals surface area contributed by atoms with Crippen molar-refractivity contribution >= 4 is 17.5 Å². The fraction of sp³-hybridized carbons (Fsp3) is 0.636. The molecule has 0 radical (unpaired) electrons. The van der Waals surface area contributed by atoms with E-state index in [2.05, 4.69) is 15.4 Å². The number of hydrogen-bond acceptors (Lipinski definition) is 8. The van der Waals surface area contributed by atoms with Crippen LogP contribution < -0.4 is 16.2 Å². The molecule has 4 N–H and O–H groups in total. The van der Waals surface area contributed by atoms with E-state index in [4.69, 9.17) is 5.84 Å². The molecule has 0 bridgehead atoms. The minimum absolute atomic E-state index is 0.0826. The number of hydrogen-bond donors (Lipinski definition) is 3. The molecular weight excluding hydrogens is 264 g/mol. The number of aliphatic hydroxyl groups excluding tert-OH is 1. The predicted octanol–water partition coefficient (Wildman–Crippen LogP) is 0.186. The average molecular weight is 282 g/mol. The second-order valence-corrected chi connectivity index (χ2v) is 4.94. The minimum Gasteiger partial charge on any atom is -0.393 e. The van der Waals surface area contributed by atoms with Crippen molar-refractivity contribution in [2.75, 3.05) is 23.4 Å². The van der Waals surface area contributed by atoms with Gasteiger partial charge in [-0.05, 0) is 20.3 Å². The van der Waals surface area contributed by atoms with E-state index in [0.717, 1.165) is 6.42 Å². The topological polar surface area (TPSA) is 130 Å². The monoisotopic (exact) mass is 282 g/mol. The number of nitrogens with zero attached hydrogens (tertiary/aromatic N) is 4. The van der Waals surface area contributed by atoms with Gasteiger partial charge in [0.2, 0.25) is 11.8 Å². The number of nitrogens with one attached hydrogen (secondary N) is 1. The lowest BCUT2D eigenvalue weighted by molar-refractivity contribution is -0.385. The van der Waals surface area contributed by atoms with Gasteiger partial charge in [0.25, 0.3) is 0 Å². The Morgan fingerprint density at radius 1 is 1.60 bits per heavy atom. The van der Waals surface area contributed by atoms with Crippen LogP contribution in [-0.4, -0.2) is 39.2 Å². The summed E-state index contributed by atoms with van der Waals surface area (Å²) in [5.41, 5.74) is 2.45. The van der Waals surface area contributed by atoms with Gasteiger partial charge in [0, 0.05) is 19.0 Å². The Bertz CT molecular complexity index is 521. The number of aryl methyl sites for hydroxylation is 1. The van der Waals surface area contributed by atoms with Gasteiger partial charge in [0.15, 0.2) is 0 Å². The molecule has 0 aliphatic carbocycles. The van der Waals surface area contributed by atoms with E-state index in [1.165, 1.54) is 0 Å². The van der Waals surface area contributed by atoms with Crippen LogP contribution in [0, 0.1) is 23.0 Å². The van der Waals surface area contributed by atoms with Crippen LogP contribution in [0.3, 0.4) is 0 Å². The Morgan fingerprint density at radius 3 is 2.80 bits per heavy atom. The molecule has 9 nitrogen and oxygen atoms in total. The molecular formula is C11H18N6O3. The first kappa shape index (κ1) is 14.4. The molecule has 2 atom stereocenters. The van der Waals surface area contributed by atoms with Gasteiger partial charge in [-0.15, -0.1) is 0 Å². The Kier molecular flexibility index (Phi) is 4.00. The lowest BCUT2D eigenvalue weighted by atomic mass is 10.0. The van der Waals surface area contributed by atoms with Crippen molar-refractivity contribution in [3.63, 3.8) is 0 Å². The number of hydrazine groups is 1. The van der Waals surface area contributed by atoms with Crippen molar-refractivity contribution in [2.24, 2.45) is 11.8 Å². The fourth-order valence-corrected chi connectivity index (χ4v) is 2.42. The average Bonchev–Trinajstić information content (AvgIpc) is 2.86. The van der Waals surface area contributed by atoms with Gasteiger partial charge >= 0.3 is 5.69 Å². The zero-order valence-corrected chi connectivity index (χ0v) is 11.4. The number of anilines is 2. The summed E-state index contributed by atoms with van der Waals surface area (Å²) in [4.78, 5) is 20.6. The Balaban J connectivity index is 2.39. The van der Waals surface area contributed by atoms with E-state index in [1.54, 1.807) is 18.7 Å². The maximum Gasteiger partial charge on any atom is 0.332 e. The van der Waals surface area contributed by atoms with E-state index in [-0.39, 0.29) is 29.1 Å². The lowest BCUT2D eigenvalue weighted by Gasteiger charge is -2.19. The Hall–Kier alpha value is -2.00. The summed E-state index contributed by atoms with van der Waals surface area (Å²) in [5.74, 6) is 5.76. The molecule has 2 rings (SSSR count). The summed E-state index contributed by atoms with van der Waals surface area (Å²) in [6.07, 6.45) is 0.317. The maximum absolute atomic E-state index is 11.2. The largest absolute Gasteiger partial charge is 0.393 e. The number of rotatable bonds is 4. The highest BCUT2D eigenvalue weighted by atomic mass is 16.6. The first-order valence-corrected chi connectivity index (χ1v) is 6.36. The van der Waals surface area contributed by atoms with Gasteiger partial charge in [0.1, 0.15) is 5.69 Å². The molecule has 9 heteroatoms. The maximum atomic E-state index is 11.2. The van der Waals surface area contributed by atoms with Gasteiger partial charge in [-0.2, -0.15) is 4.98 Å². The molecule has 1 saturated heterocycles. The molecule has 0 aromatic carbocycles. The fourth-order valence-electron chi connectivity index (χ4n) is 2.42. The van der Waals surface area contributed by atoms with Crippen LogP contribution in [0.4, 0.5) is 17.5 Å². The van der Waals surface area contributed by atoms with Crippen LogP contribution >= 0.6 is 0 Å². The summed E-state index contributed by atoms with van der Waals surface area (Å²) in [5, 5.41) is 20.8. The quantitative estimate of drug-likeness (QED) is 0.405. The molecule has 1 aromatic rings. The molecule has 110 valence electrons. The summed E-state index contributed by atoms with van der Waals surface area (Å²) in [6.45, 7) is 4.41. The third-order valence-corrected chi connectivity index (χ3v) is 3.56. The zero-order valence-electron chi connectivity index (χ0n) is 11.4. The zero-order chi connectivity index (χ0) is 14.9. The van der Waals surface area contributed by atoms with Crippen molar-refractivity contribution in [1.82, 2.24) is 9.97 Å². The number of nitro groups is 1. The van der Waals surface area contributed by atoms with Crippen molar-refractivity contribution in [3.05, 3.63) is 15.8 Å². The van der Waals surface area contributed by atoms with Crippen molar-refractivity contribution in [3.8, 4) is 0 Å². The smallest absolute Gasteiger partial charge is 0.332 e. The van der Waals surface area contributed by atoms with Gasteiger partial charge in [0.05, 0.1) is 11.0 Å². The molecule has 1 fully saturated rings. The van der Waals surface area contributed by atoms with Crippen LogP contribution in [0.5, 0.6) is 0 Å². The lowest BCUT2D eigenvalue weighted by Crippen LogP contribution is -2.26. The van der Waals surface area contributed by atoms with Crippen LogP contribution in [-0.2, 0) is 0 Å². The summed E-state index contributed by atoms with van der Waals surface area (Å²) < 4.78 is 0. The standard InChI is InChI=1S/C11H18N6O3/c1-6-9(17(19)20)10(14-11(13-6)15-12)16-4-3-8(5-16)7(2)18/h7-8,18H,3-5,12H2,1-2H3,(H,13,14,15). The number of aromatic nitrogens is 2. The summed E-state index contributed by atoms with van der Waals surface area (Å²) in [7, 11) is 0. The van der Waals surface area contributed by atoms with Crippen molar-refractivity contribution in [2.45, 2.75) is 26.4 Å². The number of aliphatic hydroxyl groups is 1. The second-order valence-electron chi connectivity index (χ2n) is 4.94. The normalized spacial score (nSPS) is 20.0. The number of nitrogen functional groups attached to an aromatic ring is 1. The van der Waals surface area contributed by atoms with Crippen LogP contribution in [0.1, 0.15) is 19.0 Å². The third-order valence-electron chi connectivity index (χ3n) is 3.56. The van der Waals surface area contributed by atoms with Gasteiger partial charge in [-0.3, -0.25) is 15.5 Å². The minimum atomic E-state index is -0.485. The van der Waals surface area contributed by atoms with Crippen molar-refractivity contribution in [1.29, 1.82) is 0 Å². The molecule has 0 amide bonds. The van der Waals surface area contributed by atoms with E-state index < -0.39 is 11.0 Å². The van der Waals surface area contributed by atoms with E-state index in [9.17, 15) is 15.2 Å². The van der Waals surface area contributed by atoms with Crippen molar-refractivity contribution < 1.29 is 10.0 Å². The summed E-state index contributed by atoms with van der Waals surface area (Å²) >= 11 is 0. The molecule has 0 saturated carbocycles. The van der Waals surface area contributed by atoms with Crippen LogP contribution in [0.25, 0.3) is 0 Å². The number of nitrogens with two attached hydrogens (primary N) is 1. The predicted molar refractivity (Wildman–Crippen MR) is 73.2 cm³/mol. The Labute approximate surface area is 115 Å². The first-order chi connectivity index (χ1) is 9.43. The van der Waals surface area contributed by atoms with Crippen LogP contribution in [0.15, 0.2) is 0 Å². The Morgan fingerprint density at radius 2 is 2.30 bits per heavy atom. The molecule has 20 heavy (non-hydrogen) atoms. The van der Waals surface area contributed by atoms with Gasteiger partial charge in [-0.1, -0.05) is 0 Å². The highest BCUT2D eigenvalue weighted by Crippen LogP contribution is 2.33.